The van der Waals surface area contributed by atoms with Crippen LogP contribution in [0.15, 0.2) is 61.2 Å². The van der Waals surface area contributed by atoms with E-state index >= 15 is 0 Å². The van der Waals surface area contributed by atoms with Crippen molar-refractivity contribution in [1.29, 1.82) is 0 Å². The van der Waals surface area contributed by atoms with E-state index in [1.54, 1.807) is 0 Å². The fourth-order valence-electron chi connectivity index (χ4n) is 3.47. The Morgan fingerprint density at radius 2 is 1.66 bits per heavy atom. The maximum absolute atomic E-state index is 4.42. The fraction of sp³-hybridized carbons (Fsp3) is 0.448. The summed E-state index contributed by atoms with van der Waals surface area (Å²) in [4.78, 5) is 2.35. The Hall–Kier alpha value is -2.15. The van der Waals surface area contributed by atoms with Gasteiger partial charge in [0.05, 0.1) is 6.67 Å². The van der Waals surface area contributed by atoms with Gasteiger partial charge >= 0.3 is 0 Å². The molecule has 0 saturated carbocycles. The molecule has 0 aliphatic carbocycles. The van der Waals surface area contributed by atoms with E-state index in [4.69, 9.17) is 0 Å². The van der Waals surface area contributed by atoms with Crippen LogP contribution in [0.4, 0.5) is 0 Å². The summed E-state index contributed by atoms with van der Waals surface area (Å²) in [5.74, 6) is 9.80. The Morgan fingerprint density at radius 3 is 2.34 bits per heavy atom. The summed E-state index contributed by atoms with van der Waals surface area (Å²) < 4.78 is 0. The molecule has 2 rings (SSSR count). The Kier molecular flexibility index (Phi) is 12.1. The van der Waals surface area contributed by atoms with E-state index in [2.05, 4.69) is 92.4 Å². The largest absolute Gasteiger partial charge is 0.359 e. The summed E-state index contributed by atoms with van der Waals surface area (Å²) >= 11 is 2.08. The molecular weight excluding hydrogens is 408 g/mol. The summed E-state index contributed by atoms with van der Waals surface area (Å²) in [6, 6.07) is 19.0. The molecule has 0 saturated heterocycles. The number of benzene rings is 2. The summed E-state index contributed by atoms with van der Waals surface area (Å²) in [7, 11) is 0. The molecule has 2 nitrogen and oxygen atoms in total. The maximum Gasteiger partial charge on any atom is 0.0684 e. The van der Waals surface area contributed by atoms with Crippen LogP contribution in [0.2, 0.25) is 0 Å². The minimum Gasteiger partial charge on any atom is -0.359 e. The van der Waals surface area contributed by atoms with Gasteiger partial charge in [-0.2, -0.15) is 11.8 Å². The van der Waals surface area contributed by atoms with Crippen LogP contribution in [0.1, 0.15) is 63.6 Å². The highest BCUT2D eigenvalue weighted by Gasteiger charge is 2.12. The van der Waals surface area contributed by atoms with Crippen molar-refractivity contribution in [2.75, 3.05) is 24.7 Å². The molecule has 0 aliphatic rings. The van der Waals surface area contributed by atoms with Gasteiger partial charge in [0.25, 0.3) is 0 Å². The Morgan fingerprint density at radius 1 is 0.969 bits per heavy atom. The SMILES string of the molecule is C=C(c1cccc(C#Cc2ccccc2)c1)N(CCC)CNC(C)CSCC(CC)CC. The van der Waals surface area contributed by atoms with Gasteiger partial charge in [0, 0.05) is 35.2 Å². The molecule has 2 aromatic carbocycles. The first-order valence-electron chi connectivity index (χ1n) is 12.0. The zero-order chi connectivity index (χ0) is 23.2. The second-order valence-electron chi connectivity index (χ2n) is 8.39. The molecule has 2 aromatic rings. The van der Waals surface area contributed by atoms with Crippen molar-refractivity contribution in [2.24, 2.45) is 5.92 Å². The van der Waals surface area contributed by atoms with Crippen molar-refractivity contribution in [3.63, 3.8) is 0 Å². The van der Waals surface area contributed by atoms with E-state index in [1.165, 1.54) is 18.6 Å². The molecule has 0 fully saturated rings. The average Bonchev–Trinajstić information content (AvgIpc) is 2.83. The number of hydrogen-bond acceptors (Lipinski definition) is 3. The zero-order valence-electron chi connectivity index (χ0n) is 20.4. The van der Waals surface area contributed by atoms with Gasteiger partial charge in [0.2, 0.25) is 0 Å². The highest BCUT2D eigenvalue weighted by Crippen LogP contribution is 2.19. The third kappa shape index (κ3) is 9.15. The number of rotatable bonds is 13. The standard InChI is InChI=1S/C29H40N2S/c1-6-19-31(23-30-24(4)21-32-22-26(7-2)8-3)25(5)29-16-12-15-28(20-29)18-17-27-13-10-9-11-14-27/h9-16,20,24,26,30H,5-8,19,21-23H2,1-4H3. The van der Waals surface area contributed by atoms with Crippen molar-refractivity contribution in [2.45, 2.75) is 53.0 Å². The molecule has 3 heteroatoms. The van der Waals surface area contributed by atoms with Crippen LogP contribution >= 0.6 is 11.8 Å². The number of nitrogens with one attached hydrogen (secondary N) is 1. The first kappa shape index (κ1) is 26.1. The molecule has 0 bridgehead atoms. The smallest absolute Gasteiger partial charge is 0.0684 e. The lowest BCUT2D eigenvalue weighted by Crippen LogP contribution is -2.39. The lowest BCUT2D eigenvalue weighted by Gasteiger charge is -2.29. The lowest BCUT2D eigenvalue weighted by atomic mass is 10.1. The quantitative estimate of drug-likeness (QED) is 0.266. The molecule has 0 amide bonds. The predicted molar refractivity (Wildman–Crippen MR) is 144 cm³/mol. The van der Waals surface area contributed by atoms with Gasteiger partial charge in [-0.05, 0) is 54.8 Å². The van der Waals surface area contributed by atoms with Gasteiger partial charge in [0.1, 0.15) is 0 Å². The van der Waals surface area contributed by atoms with E-state index < -0.39 is 0 Å². The normalized spacial score (nSPS) is 11.7. The molecule has 1 atom stereocenters. The lowest BCUT2D eigenvalue weighted by molar-refractivity contribution is 0.347. The third-order valence-electron chi connectivity index (χ3n) is 5.70. The molecule has 32 heavy (non-hydrogen) atoms. The topological polar surface area (TPSA) is 15.3 Å². The Labute approximate surface area is 200 Å². The second kappa shape index (κ2) is 14.8. The Balaban J connectivity index is 1.95. The average molecular weight is 449 g/mol. The number of hydrogen-bond donors (Lipinski definition) is 1. The van der Waals surface area contributed by atoms with Gasteiger partial charge < -0.3 is 4.90 Å². The zero-order valence-corrected chi connectivity index (χ0v) is 21.2. The molecule has 172 valence electrons. The first-order chi connectivity index (χ1) is 15.6. The van der Waals surface area contributed by atoms with Crippen molar-refractivity contribution < 1.29 is 0 Å². The third-order valence-corrected chi connectivity index (χ3v) is 7.15. The second-order valence-corrected chi connectivity index (χ2v) is 9.47. The molecule has 1 unspecified atom stereocenters. The first-order valence-corrected chi connectivity index (χ1v) is 13.1. The van der Waals surface area contributed by atoms with E-state index in [-0.39, 0.29) is 0 Å². The molecule has 0 aromatic heterocycles. The van der Waals surface area contributed by atoms with E-state index in [0.717, 1.165) is 53.7 Å². The van der Waals surface area contributed by atoms with Crippen molar-refractivity contribution in [1.82, 2.24) is 10.2 Å². The fourth-order valence-corrected chi connectivity index (χ4v) is 4.88. The van der Waals surface area contributed by atoms with Crippen LogP contribution in [-0.4, -0.2) is 35.7 Å². The molecule has 0 radical (unpaired) electrons. The van der Waals surface area contributed by atoms with E-state index in [9.17, 15) is 0 Å². The van der Waals surface area contributed by atoms with Gasteiger partial charge in [-0.3, -0.25) is 5.32 Å². The maximum atomic E-state index is 4.42. The highest BCUT2D eigenvalue weighted by atomic mass is 32.2. The van der Waals surface area contributed by atoms with E-state index in [1.807, 2.05) is 30.3 Å². The minimum absolute atomic E-state index is 0.476. The summed E-state index contributed by atoms with van der Waals surface area (Å²) in [5.41, 5.74) is 4.24. The molecule has 0 aliphatic heterocycles. The molecule has 0 spiro atoms. The molecule has 1 N–H and O–H groups in total. The van der Waals surface area contributed by atoms with E-state index in [0.29, 0.717) is 6.04 Å². The van der Waals surface area contributed by atoms with Crippen LogP contribution in [-0.2, 0) is 0 Å². The monoisotopic (exact) mass is 448 g/mol. The van der Waals surface area contributed by atoms with Crippen LogP contribution < -0.4 is 5.32 Å². The van der Waals surface area contributed by atoms with Gasteiger partial charge in [-0.1, -0.05) is 82.4 Å². The summed E-state index contributed by atoms with van der Waals surface area (Å²) in [5, 5.41) is 3.71. The van der Waals surface area contributed by atoms with Gasteiger partial charge in [0.15, 0.2) is 0 Å². The van der Waals surface area contributed by atoms with Crippen LogP contribution in [0, 0.1) is 17.8 Å². The molecule has 0 heterocycles. The summed E-state index contributed by atoms with van der Waals surface area (Å²) in [6.45, 7) is 15.3. The highest BCUT2D eigenvalue weighted by molar-refractivity contribution is 7.99. The van der Waals surface area contributed by atoms with Crippen LogP contribution in [0.3, 0.4) is 0 Å². The van der Waals surface area contributed by atoms with Crippen molar-refractivity contribution in [3.05, 3.63) is 77.9 Å². The van der Waals surface area contributed by atoms with Crippen molar-refractivity contribution >= 4 is 17.5 Å². The Bertz CT molecular complexity index is 861. The minimum atomic E-state index is 0.476. The summed E-state index contributed by atoms with van der Waals surface area (Å²) in [6.07, 6.45) is 3.65. The molecular formula is C29H40N2S. The van der Waals surface area contributed by atoms with Crippen LogP contribution in [0.25, 0.3) is 5.70 Å². The van der Waals surface area contributed by atoms with Crippen molar-refractivity contribution in [3.8, 4) is 11.8 Å². The number of thioether (sulfide) groups is 1. The predicted octanol–water partition coefficient (Wildman–Crippen LogP) is 6.87. The van der Waals surface area contributed by atoms with Gasteiger partial charge in [-0.15, -0.1) is 0 Å². The number of nitrogens with zero attached hydrogens (tertiary/aromatic N) is 1. The van der Waals surface area contributed by atoms with Gasteiger partial charge in [-0.25, -0.2) is 0 Å². The van der Waals surface area contributed by atoms with Crippen LogP contribution in [0.5, 0.6) is 0 Å².